The molecule has 1 rings (SSSR count). The Labute approximate surface area is 100 Å². The lowest BCUT2D eigenvalue weighted by atomic mass is 9.92. The molecular formula is C15H25N. The van der Waals surface area contributed by atoms with Crippen molar-refractivity contribution in [3.05, 3.63) is 35.4 Å². The van der Waals surface area contributed by atoms with Crippen molar-refractivity contribution in [3.63, 3.8) is 0 Å². The molecule has 16 heavy (non-hydrogen) atoms. The summed E-state index contributed by atoms with van der Waals surface area (Å²) >= 11 is 0. The summed E-state index contributed by atoms with van der Waals surface area (Å²) in [5.41, 5.74) is 3.13. The molecule has 0 aliphatic carbocycles. The fourth-order valence-electron chi connectivity index (χ4n) is 1.72. The highest BCUT2D eigenvalue weighted by Gasteiger charge is 2.11. The van der Waals surface area contributed by atoms with E-state index >= 15 is 0 Å². The van der Waals surface area contributed by atoms with Gasteiger partial charge in [0.05, 0.1) is 0 Å². The van der Waals surface area contributed by atoms with Crippen LogP contribution in [0.4, 0.5) is 0 Å². The fraction of sp³-hybridized carbons (Fsp3) is 0.600. The van der Waals surface area contributed by atoms with Gasteiger partial charge in [-0.15, -0.1) is 0 Å². The molecule has 0 heterocycles. The first-order valence-electron chi connectivity index (χ1n) is 6.18. The summed E-state index contributed by atoms with van der Waals surface area (Å²) in [6.45, 7) is 12.3. The monoisotopic (exact) mass is 219 g/mol. The normalized spacial score (nSPS) is 13.8. The van der Waals surface area contributed by atoms with Crippen LogP contribution in [0.15, 0.2) is 24.3 Å². The minimum Gasteiger partial charge on any atom is -0.310 e. The van der Waals surface area contributed by atoms with Gasteiger partial charge < -0.3 is 5.32 Å². The van der Waals surface area contributed by atoms with Gasteiger partial charge in [-0.05, 0) is 37.8 Å². The predicted octanol–water partition coefficient (Wildman–Crippen LogP) is 4.08. The van der Waals surface area contributed by atoms with E-state index in [1.54, 1.807) is 0 Å². The third-order valence-corrected chi connectivity index (χ3v) is 2.87. The largest absolute Gasteiger partial charge is 0.310 e. The molecule has 0 fully saturated rings. The van der Waals surface area contributed by atoms with Crippen LogP contribution in [0.5, 0.6) is 0 Å². The van der Waals surface area contributed by atoms with Gasteiger partial charge in [-0.25, -0.2) is 0 Å². The molecule has 1 aromatic rings. The molecule has 0 unspecified atom stereocenters. The zero-order valence-corrected chi connectivity index (χ0v) is 11.3. The van der Waals surface area contributed by atoms with E-state index in [0.29, 0.717) is 11.5 Å². The lowest BCUT2D eigenvalue weighted by Crippen LogP contribution is -2.23. The highest BCUT2D eigenvalue weighted by molar-refractivity contribution is 5.24. The number of nitrogens with one attached hydrogen (secondary N) is 1. The van der Waals surface area contributed by atoms with Crippen molar-refractivity contribution in [2.45, 2.75) is 47.1 Å². The molecule has 0 amide bonds. The van der Waals surface area contributed by atoms with Crippen LogP contribution in [-0.2, 0) is 0 Å². The summed E-state index contributed by atoms with van der Waals surface area (Å²) in [5.74, 6) is 0. The number of aryl methyl sites for hydroxylation is 1. The lowest BCUT2D eigenvalue weighted by molar-refractivity contribution is 0.358. The maximum atomic E-state index is 3.58. The van der Waals surface area contributed by atoms with Crippen molar-refractivity contribution in [2.75, 3.05) is 6.54 Å². The number of benzene rings is 1. The van der Waals surface area contributed by atoms with E-state index in [9.17, 15) is 0 Å². The van der Waals surface area contributed by atoms with Crippen molar-refractivity contribution < 1.29 is 0 Å². The van der Waals surface area contributed by atoms with E-state index < -0.39 is 0 Å². The minimum atomic E-state index is 0.416. The van der Waals surface area contributed by atoms with E-state index in [1.807, 2.05) is 0 Å². The second-order valence-corrected chi connectivity index (χ2v) is 5.90. The molecule has 1 nitrogen and oxygen atoms in total. The van der Waals surface area contributed by atoms with E-state index in [0.717, 1.165) is 6.54 Å². The Hall–Kier alpha value is -0.820. The SMILES string of the molecule is Cc1cccc([C@@H](C)NCCC(C)(C)C)c1. The van der Waals surface area contributed by atoms with Gasteiger partial charge in [0.25, 0.3) is 0 Å². The summed E-state index contributed by atoms with van der Waals surface area (Å²) in [7, 11) is 0. The standard InChI is InChI=1S/C15H25N/c1-12-7-6-8-14(11-12)13(2)16-10-9-15(3,4)5/h6-8,11,13,16H,9-10H2,1-5H3/t13-/m1/s1. The summed E-state index contributed by atoms with van der Waals surface area (Å²) in [6.07, 6.45) is 1.21. The Morgan fingerprint density at radius 2 is 1.94 bits per heavy atom. The van der Waals surface area contributed by atoms with Gasteiger partial charge in [0.2, 0.25) is 0 Å². The summed E-state index contributed by atoms with van der Waals surface area (Å²) in [5, 5.41) is 3.58. The van der Waals surface area contributed by atoms with Crippen LogP contribution in [0.25, 0.3) is 0 Å². The Morgan fingerprint density at radius 3 is 2.50 bits per heavy atom. The van der Waals surface area contributed by atoms with E-state index in [4.69, 9.17) is 0 Å². The molecule has 0 aliphatic rings. The van der Waals surface area contributed by atoms with Crippen LogP contribution >= 0.6 is 0 Å². The molecule has 1 atom stereocenters. The third kappa shape index (κ3) is 4.80. The fourth-order valence-corrected chi connectivity index (χ4v) is 1.72. The molecule has 1 aromatic carbocycles. The van der Waals surface area contributed by atoms with Gasteiger partial charge in [0.1, 0.15) is 0 Å². The number of hydrogen-bond donors (Lipinski definition) is 1. The zero-order valence-electron chi connectivity index (χ0n) is 11.3. The van der Waals surface area contributed by atoms with Gasteiger partial charge in [0, 0.05) is 6.04 Å². The first-order chi connectivity index (χ1) is 7.38. The first kappa shape index (κ1) is 13.2. The minimum absolute atomic E-state index is 0.416. The average molecular weight is 219 g/mol. The van der Waals surface area contributed by atoms with Crippen LogP contribution in [-0.4, -0.2) is 6.54 Å². The Balaban J connectivity index is 2.44. The molecule has 0 saturated heterocycles. The Kier molecular flexibility index (Phi) is 4.55. The molecule has 0 saturated carbocycles. The quantitative estimate of drug-likeness (QED) is 0.804. The zero-order chi connectivity index (χ0) is 12.2. The van der Waals surface area contributed by atoms with E-state index in [2.05, 4.69) is 64.2 Å². The van der Waals surface area contributed by atoms with Crippen molar-refractivity contribution in [1.82, 2.24) is 5.32 Å². The maximum Gasteiger partial charge on any atom is 0.0291 e. The molecule has 0 spiro atoms. The average Bonchev–Trinajstić information content (AvgIpc) is 2.15. The van der Waals surface area contributed by atoms with Gasteiger partial charge in [-0.1, -0.05) is 50.6 Å². The van der Waals surface area contributed by atoms with Gasteiger partial charge in [-0.3, -0.25) is 0 Å². The maximum absolute atomic E-state index is 3.58. The molecular weight excluding hydrogens is 194 g/mol. The van der Waals surface area contributed by atoms with Crippen LogP contribution in [0.1, 0.15) is 51.3 Å². The summed E-state index contributed by atoms with van der Waals surface area (Å²) in [4.78, 5) is 0. The van der Waals surface area contributed by atoms with Gasteiger partial charge in [0.15, 0.2) is 0 Å². The van der Waals surface area contributed by atoms with Crippen molar-refractivity contribution in [3.8, 4) is 0 Å². The molecule has 1 heteroatoms. The Bertz CT molecular complexity index is 322. The first-order valence-corrected chi connectivity index (χ1v) is 6.18. The smallest absolute Gasteiger partial charge is 0.0291 e. The van der Waals surface area contributed by atoms with E-state index in [-0.39, 0.29) is 0 Å². The number of hydrogen-bond acceptors (Lipinski definition) is 1. The molecule has 90 valence electrons. The van der Waals surface area contributed by atoms with Crippen LogP contribution in [0.2, 0.25) is 0 Å². The predicted molar refractivity (Wildman–Crippen MR) is 71.7 cm³/mol. The molecule has 0 aliphatic heterocycles. The topological polar surface area (TPSA) is 12.0 Å². The van der Waals surface area contributed by atoms with Crippen molar-refractivity contribution >= 4 is 0 Å². The highest BCUT2D eigenvalue weighted by atomic mass is 14.9. The second kappa shape index (κ2) is 5.49. The van der Waals surface area contributed by atoms with E-state index in [1.165, 1.54) is 17.5 Å². The molecule has 0 aromatic heterocycles. The Morgan fingerprint density at radius 1 is 1.25 bits per heavy atom. The molecule has 1 N–H and O–H groups in total. The van der Waals surface area contributed by atoms with Gasteiger partial charge in [-0.2, -0.15) is 0 Å². The van der Waals surface area contributed by atoms with Gasteiger partial charge >= 0.3 is 0 Å². The highest BCUT2D eigenvalue weighted by Crippen LogP contribution is 2.19. The van der Waals surface area contributed by atoms with Crippen LogP contribution < -0.4 is 5.32 Å². The van der Waals surface area contributed by atoms with Crippen LogP contribution in [0.3, 0.4) is 0 Å². The number of rotatable bonds is 4. The summed E-state index contributed by atoms with van der Waals surface area (Å²) in [6, 6.07) is 9.18. The van der Waals surface area contributed by atoms with Crippen molar-refractivity contribution in [2.24, 2.45) is 5.41 Å². The third-order valence-electron chi connectivity index (χ3n) is 2.87. The lowest BCUT2D eigenvalue weighted by Gasteiger charge is -2.21. The second-order valence-electron chi connectivity index (χ2n) is 5.90. The van der Waals surface area contributed by atoms with Crippen molar-refractivity contribution in [1.29, 1.82) is 0 Å². The molecule has 0 bridgehead atoms. The van der Waals surface area contributed by atoms with Crippen LogP contribution in [0, 0.1) is 12.3 Å². The summed E-state index contributed by atoms with van der Waals surface area (Å²) < 4.78 is 0. The molecule has 0 radical (unpaired) electrons.